The monoisotopic (exact) mass is 340 g/mol. The van der Waals surface area contributed by atoms with Crippen LogP contribution >= 0.6 is 24.8 Å². The molecule has 2 heterocycles. The molecule has 1 aromatic heterocycles. The second-order valence-electron chi connectivity index (χ2n) is 5.37. The summed E-state index contributed by atoms with van der Waals surface area (Å²) in [5.41, 5.74) is 3.65. The zero-order valence-electron chi connectivity index (χ0n) is 12.6. The lowest BCUT2D eigenvalue weighted by molar-refractivity contribution is 0.176. The summed E-state index contributed by atoms with van der Waals surface area (Å²) in [6, 6.07) is 10.9. The summed E-state index contributed by atoms with van der Waals surface area (Å²) in [6.45, 7) is 6.13. The number of aromatic amines is 1. The number of hydrogen-bond acceptors (Lipinski definition) is 3. The Balaban J connectivity index is 0.00000121. The number of piperazine rings is 1. The van der Waals surface area contributed by atoms with Gasteiger partial charge in [0.25, 0.3) is 0 Å². The number of aryl methyl sites for hydroxylation is 1. The van der Waals surface area contributed by atoms with Gasteiger partial charge >= 0.3 is 0 Å². The minimum atomic E-state index is 0. The molecule has 6 heteroatoms. The number of rotatable bonds is 3. The Hall–Kier alpha value is -1.25. The highest BCUT2D eigenvalue weighted by molar-refractivity contribution is 5.86. The van der Waals surface area contributed by atoms with Crippen LogP contribution in [0.2, 0.25) is 0 Å². The standard InChI is InChI=1S/C16H20N4.2ClH/c1-12-16(13-4-2-3-5-14(13)19-12)15(6-7-17)20-10-8-18-9-11-20;;/h2-5,15,18-19H,6,8-11H2,1H3;2*1H/t15-;;/m0../s1. The average molecular weight is 341 g/mol. The molecular weight excluding hydrogens is 319 g/mol. The topological polar surface area (TPSA) is 54.9 Å². The molecule has 2 aromatic rings. The number of halogens is 2. The van der Waals surface area contributed by atoms with Gasteiger partial charge in [-0.05, 0) is 18.6 Å². The highest BCUT2D eigenvalue weighted by atomic mass is 35.5. The van der Waals surface area contributed by atoms with Crippen molar-refractivity contribution in [3.05, 3.63) is 35.5 Å². The van der Waals surface area contributed by atoms with E-state index in [1.54, 1.807) is 0 Å². The van der Waals surface area contributed by atoms with E-state index in [1.165, 1.54) is 16.6 Å². The van der Waals surface area contributed by atoms with Crippen molar-refractivity contribution >= 4 is 35.7 Å². The number of aromatic nitrogens is 1. The van der Waals surface area contributed by atoms with E-state index in [4.69, 9.17) is 0 Å². The highest BCUT2D eigenvalue weighted by Gasteiger charge is 2.25. The van der Waals surface area contributed by atoms with Crippen molar-refractivity contribution in [2.75, 3.05) is 26.2 Å². The molecule has 0 spiro atoms. The van der Waals surface area contributed by atoms with E-state index in [2.05, 4.69) is 46.4 Å². The van der Waals surface area contributed by atoms with Crippen molar-refractivity contribution < 1.29 is 0 Å². The molecule has 1 atom stereocenters. The second-order valence-corrected chi connectivity index (χ2v) is 5.37. The van der Waals surface area contributed by atoms with Crippen LogP contribution in [0.25, 0.3) is 10.9 Å². The van der Waals surface area contributed by atoms with E-state index in [0.717, 1.165) is 31.7 Å². The number of benzene rings is 1. The number of fused-ring (bicyclic) bond motifs is 1. The normalized spacial score (nSPS) is 16.4. The van der Waals surface area contributed by atoms with Crippen molar-refractivity contribution in [1.82, 2.24) is 15.2 Å². The Morgan fingerprint density at radius 3 is 2.59 bits per heavy atom. The Labute approximate surface area is 143 Å². The van der Waals surface area contributed by atoms with Gasteiger partial charge in [-0.1, -0.05) is 18.2 Å². The highest BCUT2D eigenvalue weighted by Crippen LogP contribution is 2.33. The van der Waals surface area contributed by atoms with Crippen LogP contribution < -0.4 is 5.32 Å². The molecule has 0 radical (unpaired) electrons. The zero-order chi connectivity index (χ0) is 13.9. The summed E-state index contributed by atoms with van der Waals surface area (Å²) < 4.78 is 0. The molecule has 0 bridgehead atoms. The molecule has 1 aliphatic heterocycles. The first kappa shape index (κ1) is 18.8. The first-order valence-electron chi connectivity index (χ1n) is 7.20. The summed E-state index contributed by atoms with van der Waals surface area (Å²) in [7, 11) is 0. The SMILES string of the molecule is Cc1[nH]c2ccccc2c1[C@H](CC#N)N1CCNCC1.Cl.Cl. The molecule has 1 aliphatic rings. The Kier molecular flexibility index (Phi) is 7.18. The van der Waals surface area contributed by atoms with Gasteiger partial charge in [-0.2, -0.15) is 5.26 Å². The quantitative estimate of drug-likeness (QED) is 0.902. The number of hydrogen-bond donors (Lipinski definition) is 2. The largest absolute Gasteiger partial charge is 0.358 e. The number of nitrogens with zero attached hydrogens (tertiary/aromatic N) is 2. The molecule has 0 unspecified atom stereocenters. The van der Waals surface area contributed by atoms with Crippen molar-refractivity contribution in [2.45, 2.75) is 19.4 Å². The third-order valence-corrected chi connectivity index (χ3v) is 4.15. The van der Waals surface area contributed by atoms with Crippen molar-refractivity contribution in [1.29, 1.82) is 5.26 Å². The fourth-order valence-corrected chi connectivity index (χ4v) is 3.22. The third-order valence-electron chi connectivity index (χ3n) is 4.15. The van der Waals surface area contributed by atoms with E-state index in [1.807, 2.05) is 6.07 Å². The number of para-hydroxylation sites is 1. The average Bonchev–Trinajstić information content (AvgIpc) is 2.82. The molecule has 1 fully saturated rings. The molecular formula is C16H22Cl2N4. The second kappa shape index (κ2) is 8.40. The van der Waals surface area contributed by atoms with E-state index in [0.29, 0.717) is 6.42 Å². The molecule has 4 nitrogen and oxygen atoms in total. The minimum absolute atomic E-state index is 0. The Morgan fingerprint density at radius 2 is 1.91 bits per heavy atom. The van der Waals surface area contributed by atoms with Crippen molar-refractivity contribution in [3.63, 3.8) is 0 Å². The fraction of sp³-hybridized carbons (Fsp3) is 0.438. The number of H-pyrrole nitrogens is 1. The lowest BCUT2D eigenvalue weighted by atomic mass is 9.98. The Morgan fingerprint density at radius 1 is 1.23 bits per heavy atom. The summed E-state index contributed by atoms with van der Waals surface area (Å²) in [5, 5.41) is 13.9. The molecule has 2 N–H and O–H groups in total. The van der Waals surface area contributed by atoms with Crippen molar-refractivity contribution in [2.24, 2.45) is 0 Å². The predicted molar refractivity (Wildman–Crippen MR) is 94.9 cm³/mol. The molecule has 1 aromatic carbocycles. The fourth-order valence-electron chi connectivity index (χ4n) is 3.22. The summed E-state index contributed by atoms with van der Waals surface area (Å²) >= 11 is 0. The van der Waals surface area contributed by atoms with Crippen LogP contribution in [0.5, 0.6) is 0 Å². The molecule has 0 amide bonds. The lowest BCUT2D eigenvalue weighted by Crippen LogP contribution is -2.45. The van der Waals surface area contributed by atoms with Crippen LogP contribution in [-0.2, 0) is 0 Å². The van der Waals surface area contributed by atoms with E-state index >= 15 is 0 Å². The number of nitrogens with one attached hydrogen (secondary N) is 2. The Bertz CT molecular complexity index is 641. The van der Waals surface area contributed by atoms with Gasteiger partial charge in [0.05, 0.1) is 18.5 Å². The third kappa shape index (κ3) is 3.56. The van der Waals surface area contributed by atoms with Gasteiger partial charge in [-0.3, -0.25) is 4.90 Å². The van der Waals surface area contributed by atoms with Gasteiger partial charge < -0.3 is 10.3 Å². The molecule has 120 valence electrons. The van der Waals surface area contributed by atoms with Crippen LogP contribution in [0, 0.1) is 18.3 Å². The number of nitriles is 1. The van der Waals surface area contributed by atoms with Crippen LogP contribution in [0.3, 0.4) is 0 Å². The van der Waals surface area contributed by atoms with E-state index < -0.39 is 0 Å². The van der Waals surface area contributed by atoms with Gasteiger partial charge in [0.1, 0.15) is 0 Å². The molecule has 22 heavy (non-hydrogen) atoms. The summed E-state index contributed by atoms with van der Waals surface area (Å²) in [5.74, 6) is 0. The maximum Gasteiger partial charge on any atom is 0.0641 e. The van der Waals surface area contributed by atoms with Crippen molar-refractivity contribution in [3.8, 4) is 6.07 Å². The van der Waals surface area contributed by atoms with Gasteiger partial charge in [0.2, 0.25) is 0 Å². The van der Waals surface area contributed by atoms with Gasteiger partial charge in [-0.25, -0.2) is 0 Å². The van der Waals surface area contributed by atoms with Gasteiger partial charge in [0.15, 0.2) is 0 Å². The van der Waals surface area contributed by atoms with Gasteiger partial charge in [0, 0.05) is 42.8 Å². The molecule has 3 rings (SSSR count). The first-order valence-corrected chi connectivity index (χ1v) is 7.20. The van der Waals surface area contributed by atoms with E-state index in [-0.39, 0.29) is 30.9 Å². The smallest absolute Gasteiger partial charge is 0.0641 e. The maximum absolute atomic E-state index is 9.23. The summed E-state index contributed by atoms with van der Waals surface area (Å²) in [6.07, 6.45) is 0.544. The first-order chi connectivity index (χ1) is 9.81. The van der Waals surface area contributed by atoms with Crippen LogP contribution in [0.1, 0.15) is 23.7 Å². The summed E-state index contributed by atoms with van der Waals surface area (Å²) in [4.78, 5) is 5.89. The molecule has 0 aliphatic carbocycles. The zero-order valence-corrected chi connectivity index (χ0v) is 14.3. The lowest BCUT2D eigenvalue weighted by Gasteiger charge is -2.34. The molecule has 0 saturated carbocycles. The minimum Gasteiger partial charge on any atom is -0.358 e. The maximum atomic E-state index is 9.23. The van der Waals surface area contributed by atoms with Gasteiger partial charge in [-0.15, -0.1) is 24.8 Å². The van der Waals surface area contributed by atoms with Crippen LogP contribution in [0.4, 0.5) is 0 Å². The van der Waals surface area contributed by atoms with Crippen LogP contribution in [-0.4, -0.2) is 36.1 Å². The predicted octanol–water partition coefficient (Wildman–Crippen LogP) is 3.18. The van der Waals surface area contributed by atoms with E-state index in [9.17, 15) is 5.26 Å². The van der Waals surface area contributed by atoms with Crippen LogP contribution in [0.15, 0.2) is 24.3 Å². The molecule has 1 saturated heterocycles.